The zero-order chi connectivity index (χ0) is 15.3. The molecule has 0 radical (unpaired) electrons. The fourth-order valence-corrected chi connectivity index (χ4v) is 3.06. The van der Waals surface area contributed by atoms with Crippen LogP contribution in [0, 0.1) is 5.41 Å². The van der Waals surface area contributed by atoms with Crippen molar-refractivity contribution in [2.24, 2.45) is 5.41 Å². The van der Waals surface area contributed by atoms with Crippen molar-refractivity contribution in [2.75, 3.05) is 26.8 Å². The zero-order valence-corrected chi connectivity index (χ0v) is 12.9. The summed E-state index contributed by atoms with van der Waals surface area (Å²) in [4.78, 5) is 18.2. The molecule has 1 aromatic rings. The van der Waals surface area contributed by atoms with Crippen molar-refractivity contribution in [3.63, 3.8) is 0 Å². The number of nitrogens with zero attached hydrogens (tertiary/aromatic N) is 3. The Labute approximate surface area is 125 Å². The minimum absolute atomic E-state index is 0.595. The molecule has 0 spiro atoms. The fourth-order valence-electron chi connectivity index (χ4n) is 3.06. The predicted molar refractivity (Wildman–Crippen MR) is 79.0 cm³/mol. The molecule has 6 nitrogen and oxygen atoms in total. The van der Waals surface area contributed by atoms with E-state index in [-0.39, 0.29) is 0 Å². The van der Waals surface area contributed by atoms with Crippen LogP contribution < -0.4 is 0 Å². The third-order valence-corrected chi connectivity index (χ3v) is 4.49. The van der Waals surface area contributed by atoms with Gasteiger partial charge in [0.2, 0.25) is 0 Å². The lowest BCUT2D eigenvalue weighted by Gasteiger charge is -2.39. The fraction of sp³-hybridized carbons (Fsp3) is 0.733. The first kappa shape index (κ1) is 16.0. The number of aromatic nitrogens is 2. The number of methoxy groups -OCH3 is 1. The highest BCUT2D eigenvalue weighted by atomic mass is 16.5. The number of piperidine rings is 1. The van der Waals surface area contributed by atoms with Gasteiger partial charge in [-0.2, -0.15) is 0 Å². The van der Waals surface area contributed by atoms with Crippen LogP contribution in [0.1, 0.15) is 32.0 Å². The highest BCUT2D eigenvalue weighted by Crippen LogP contribution is 2.34. The number of hydrogen-bond donors (Lipinski definition) is 1. The SMILES string of the molecule is CC[C@@]1(C(=O)O)CCCN(Cc2nccn2CCOC)C1. The van der Waals surface area contributed by atoms with E-state index in [1.54, 1.807) is 13.3 Å². The number of carboxylic acid groups (broad SMARTS) is 1. The van der Waals surface area contributed by atoms with Gasteiger partial charge in [-0.25, -0.2) is 4.98 Å². The van der Waals surface area contributed by atoms with Gasteiger partial charge in [0.15, 0.2) is 0 Å². The highest BCUT2D eigenvalue weighted by Gasteiger charge is 2.40. The summed E-state index contributed by atoms with van der Waals surface area (Å²) in [5.74, 6) is 0.307. The van der Waals surface area contributed by atoms with Crippen molar-refractivity contribution in [1.82, 2.24) is 14.5 Å². The topological polar surface area (TPSA) is 67.6 Å². The summed E-state index contributed by atoms with van der Waals surface area (Å²) in [6, 6.07) is 0. The van der Waals surface area contributed by atoms with Crippen molar-refractivity contribution >= 4 is 5.97 Å². The average Bonchev–Trinajstić information content (AvgIpc) is 2.92. The number of likely N-dealkylation sites (tertiary alicyclic amines) is 1. The average molecular weight is 295 g/mol. The lowest BCUT2D eigenvalue weighted by Crippen LogP contribution is -2.47. The van der Waals surface area contributed by atoms with Gasteiger partial charge in [0.25, 0.3) is 0 Å². The van der Waals surface area contributed by atoms with Gasteiger partial charge in [-0.15, -0.1) is 0 Å². The molecule has 0 aromatic carbocycles. The first-order valence-corrected chi connectivity index (χ1v) is 7.56. The lowest BCUT2D eigenvalue weighted by molar-refractivity contribution is -0.153. The summed E-state index contributed by atoms with van der Waals surface area (Å²) in [6.07, 6.45) is 6.12. The predicted octanol–water partition coefficient (Wildman–Crippen LogP) is 1.61. The Bertz CT molecular complexity index is 474. The largest absolute Gasteiger partial charge is 0.481 e. The molecule has 1 fully saturated rings. The van der Waals surface area contributed by atoms with E-state index < -0.39 is 11.4 Å². The summed E-state index contributed by atoms with van der Waals surface area (Å²) in [7, 11) is 1.68. The summed E-state index contributed by atoms with van der Waals surface area (Å²) in [5, 5.41) is 9.54. The van der Waals surface area contributed by atoms with Crippen LogP contribution in [0.5, 0.6) is 0 Å². The standard InChI is InChI=1S/C15H25N3O3/c1-3-15(14(19)20)5-4-7-17(12-15)11-13-16-6-8-18(13)9-10-21-2/h6,8H,3-5,7,9-12H2,1-2H3,(H,19,20)/t15-/m1/s1. The quantitative estimate of drug-likeness (QED) is 0.827. The molecule has 1 N–H and O–H groups in total. The molecule has 0 unspecified atom stereocenters. The van der Waals surface area contributed by atoms with Gasteiger partial charge in [0, 0.05) is 32.6 Å². The maximum Gasteiger partial charge on any atom is 0.310 e. The van der Waals surface area contributed by atoms with Crippen LogP contribution in [0.15, 0.2) is 12.4 Å². The van der Waals surface area contributed by atoms with Crippen LogP contribution in [-0.4, -0.2) is 52.3 Å². The summed E-state index contributed by atoms with van der Waals surface area (Å²) < 4.78 is 7.18. The molecule has 0 bridgehead atoms. The van der Waals surface area contributed by atoms with Crippen LogP contribution in [0.25, 0.3) is 0 Å². The van der Waals surface area contributed by atoms with Crippen LogP contribution in [0.3, 0.4) is 0 Å². The first-order chi connectivity index (χ1) is 10.1. The highest BCUT2D eigenvalue weighted by molar-refractivity contribution is 5.75. The van der Waals surface area contributed by atoms with Crippen molar-refractivity contribution in [2.45, 2.75) is 39.3 Å². The lowest BCUT2D eigenvalue weighted by atomic mass is 9.77. The molecule has 6 heteroatoms. The molecular weight excluding hydrogens is 270 g/mol. The zero-order valence-electron chi connectivity index (χ0n) is 12.9. The first-order valence-electron chi connectivity index (χ1n) is 7.56. The molecule has 1 aliphatic heterocycles. The number of rotatable bonds is 7. The Morgan fingerprint density at radius 1 is 1.57 bits per heavy atom. The third kappa shape index (κ3) is 3.63. The second-order valence-corrected chi connectivity index (χ2v) is 5.78. The van der Waals surface area contributed by atoms with Gasteiger partial charge in [0.1, 0.15) is 5.82 Å². The van der Waals surface area contributed by atoms with E-state index in [4.69, 9.17) is 4.74 Å². The molecule has 2 heterocycles. The monoisotopic (exact) mass is 295 g/mol. The summed E-state index contributed by atoms with van der Waals surface area (Å²) >= 11 is 0. The molecule has 0 saturated carbocycles. The van der Waals surface area contributed by atoms with E-state index in [1.807, 2.05) is 13.1 Å². The van der Waals surface area contributed by atoms with E-state index in [1.165, 1.54) is 0 Å². The number of ether oxygens (including phenoxy) is 1. The third-order valence-electron chi connectivity index (χ3n) is 4.49. The van der Waals surface area contributed by atoms with Gasteiger partial charge >= 0.3 is 5.97 Å². The number of carbonyl (C=O) groups is 1. The second-order valence-electron chi connectivity index (χ2n) is 5.78. The Balaban J connectivity index is 2.03. The Morgan fingerprint density at radius 3 is 3.05 bits per heavy atom. The van der Waals surface area contributed by atoms with Crippen molar-refractivity contribution in [3.8, 4) is 0 Å². The number of imidazole rings is 1. The molecule has 1 saturated heterocycles. The van der Waals surface area contributed by atoms with Crippen molar-refractivity contribution in [1.29, 1.82) is 0 Å². The van der Waals surface area contributed by atoms with Gasteiger partial charge < -0.3 is 14.4 Å². The normalized spacial score (nSPS) is 23.3. The maximum absolute atomic E-state index is 11.6. The van der Waals surface area contributed by atoms with Gasteiger partial charge in [-0.1, -0.05) is 6.92 Å². The van der Waals surface area contributed by atoms with Crippen molar-refractivity contribution < 1.29 is 14.6 Å². The molecule has 0 amide bonds. The maximum atomic E-state index is 11.6. The number of carboxylic acids is 1. The van der Waals surface area contributed by atoms with Crippen LogP contribution in [0.2, 0.25) is 0 Å². The van der Waals surface area contributed by atoms with Crippen LogP contribution >= 0.6 is 0 Å². The van der Waals surface area contributed by atoms with E-state index in [0.29, 0.717) is 26.1 Å². The molecule has 0 aliphatic carbocycles. The Hall–Kier alpha value is -1.40. The minimum atomic E-state index is -0.669. The Morgan fingerprint density at radius 2 is 2.38 bits per heavy atom. The molecule has 1 aromatic heterocycles. The van der Waals surface area contributed by atoms with Crippen molar-refractivity contribution in [3.05, 3.63) is 18.2 Å². The number of hydrogen-bond acceptors (Lipinski definition) is 4. The molecule has 118 valence electrons. The molecule has 1 aliphatic rings. The van der Waals surface area contributed by atoms with Crippen LogP contribution in [0.4, 0.5) is 0 Å². The Kier molecular flexibility index (Phi) is 5.36. The van der Waals surface area contributed by atoms with E-state index in [2.05, 4.69) is 14.5 Å². The van der Waals surface area contributed by atoms with Crippen LogP contribution in [-0.2, 0) is 22.6 Å². The van der Waals surface area contributed by atoms with Gasteiger partial charge in [-0.3, -0.25) is 9.69 Å². The van der Waals surface area contributed by atoms with E-state index in [0.717, 1.165) is 31.8 Å². The second kappa shape index (κ2) is 7.04. The van der Waals surface area contributed by atoms with Gasteiger partial charge in [0.05, 0.1) is 18.6 Å². The smallest absolute Gasteiger partial charge is 0.310 e. The van der Waals surface area contributed by atoms with E-state index >= 15 is 0 Å². The number of aliphatic carboxylic acids is 1. The summed E-state index contributed by atoms with van der Waals surface area (Å²) in [6.45, 7) is 5.64. The molecular formula is C15H25N3O3. The molecule has 2 rings (SSSR count). The summed E-state index contributed by atoms with van der Waals surface area (Å²) in [5.41, 5.74) is -0.595. The van der Waals surface area contributed by atoms with Gasteiger partial charge in [-0.05, 0) is 25.8 Å². The minimum Gasteiger partial charge on any atom is -0.481 e. The molecule has 21 heavy (non-hydrogen) atoms. The van der Waals surface area contributed by atoms with E-state index in [9.17, 15) is 9.90 Å². The molecule has 1 atom stereocenters.